The van der Waals surface area contributed by atoms with Crippen LogP contribution < -0.4 is 10.1 Å². The third-order valence-corrected chi connectivity index (χ3v) is 4.70. The minimum atomic E-state index is -0.333. The largest absolute Gasteiger partial charge is 0.494 e. The highest BCUT2D eigenvalue weighted by Crippen LogP contribution is 2.37. The van der Waals surface area contributed by atoms with E-state index < -0.39 is 0 Å². The molecule has 2 aromatic carbocycles. The monoisotopic (exact) mass is 387 g/mol. The summed E-state index contributed by atoms with van der Waals surface area (Å²) < 4.78 is 7.64. The van der Waals surface area contributed by atoms with Crippen LogP contribution in [0, 0.1) is 13.8 Å². The number of aromatic nitrogens is 2. The predicted molar refractivity (Wildman–Crippen MR) is 113 cm³/mol. The van der Waals surface area contributed by atoms with Crippen LogP contribution in [0.4, 0.5) is 5.82 Å². The first-order chi connectivity index (χ1) is 13.9. The Morgan fingerprint density at radius 1 is 1.03 bits per heavy atom. The van der Waals surface area contributed by atoms with Gasteiger partial charge in [0.25, 0.3) is 5.91 Å². The van der Waals surface area contributed by atoms with Crippen molar-refractivity contribution in [2.45, 2.75) is 13.8 Å². The fourth-order valence-electron chi connectivity index (χ4n) is 3.07. The van der Waals surface area contributed by atoms with E-state index in [-0.39, 0.29) is 11.8 Å². The van der Waals surface area contributed by atoms with E-state index >= 15 is 0 Å². The summed E-state index contributed by atoms with van der Waals surface area (Å²) in [5.74, 6) is 1.33. The van der Waals surface area contributed by atoms with Gasteiger partial charge in [-0.1, -0.05) is 23.8 Å². The molecule has 6 heteroatoms. The summed E-state index contributed by atoms with van der Waals surface area (Å²) >= 11 is 0. The molecule has 0 aliphatic rings. The lowest BCUT2D eigenvalue weighted by atomic mass is 10.1. The Kier molecular flexibility index (Phi) is 4.68. The first-order valence-corrected chi connectivity index (χ1v) is 9.21. The molecule has 0 aliphatic carbocycles. The Morgan fingerprint density at radius 2 is 1.76 bits per heavy atom. The van der Waals surface area contributed by atoms with Gasteiger partial charge >= 0.3 is 0 Å². The molecule has 2 N–H and O–H groups in total. The van der Waals surface area contributed by atoms with Crippen LogP contribution in [0.3, 0.4) is 0 Å². The first-order valence-electron chi connectivity index (χ1n) is 9.21. The van der Waals surface area contributed by atoms with Gasteiger partial charge in [-0.2, -0.15) is 0 Å². The lowest BCUT2D eigenvalue weighted by Gasteiger charge is -2.10. The number of nitrogens with zero attached hydrogens (tertiary/aromatic N) is 2. The van der Waals surface area contributed by atoms with Gasteiger partial charge in [-0.25, -0.2) is 4.98 Å². The van der Waals surface area contributed by atoms with Crippen LogP contribution in [0.2, 0.25) is 0 Å². The maximum atomic E-state index is 12.8. The summed E-state index contributed by atoms with van der Waals surface area (Å²) in [5, 5.41) is 14.5. The third-order valence-electron chi connectivity index (χ3n) is 4.70. The molecule has 0 fully saturated rings. The zero-order valence-corrected chi connectivity index (χ0v) is 16.4. The number of amides is 1. The van der Waals surface area contributed by atoms with Crippen LogP contribution >= 0.6 is 0 Å². The van der Waals surface area contributed by atoms with Crippen LogP contribution in [0.25, 0.3) is 10.8 Å². The lowest BCUT2D eigenvalue weighted by Crippen LogP contribution is -2.13. The van der Waals surface area contributed by atoms with Gasteiger partial charge in [-0.3, -0.25) is 4.79 Å². The molecule has 6 nitrogen and oxygen atoms in total. The fraction of sp³-hybridized carbons (Fsp3) is 0.130. The summed E-state index contributed by atoms with van der Waals surface area (Å²) in [5.41, 5.74) is 2.49. The topological polar surface area (TPSA) is 76.4 Å². The standard InChI is InChI=1S/C23H21N3O3/c1-14-4-7-17(8-5-14)29-20-11-16(10-18-19(20)13-26(3)23(18)28)22(27)25-21-9-6-15(2)12-24-21/h4-13,28H,1-3H3,(H,24,25,27). The third kappa shape index (κ3) is 3.78. The zero-order valence-electron chi connectivity index (χ0n) is 16.4. The molecular weight excluding hydrogens is 366 g/mol. The summed E-state index contributed by atoms with van der Waals surface area (Å²) in [6, 6.07) is 14.6. The van der Waals surface area contributed by atoms with Gasteiger partial charge in [-0.05, 0) is 49.7 Å². The number of nitrogens with one attached hydrogen (secondary N) is 1. The van der Waals surface area contributed by atoms with Gasteiger partial charge < -0.3 is 19.7 Å². The van der Waals surface area contributed by atoms with Crippen molar-refractivity contribution < 1.29 is 14.6 Å². The Bertz CT molecular complexity index is 1190. The molecule has 0 aliphatic heterocycles. The number of pyridine rings is 1. The van der Waals surface area contributed by atoms with Crippen molar-refractivity contribution in [2.24, 2.45) is 7.05 Å². The van der Waals surface area contributed by atoms with E-state index in [9.17, 15) is 9.90 Å². The molecule has 0 radical (unpaired) electrons. The van der Waals surface area contributed by atoms with Crippen LogP contribution in [0.1, 0.15) is 21.5 Å². The number of aromatic hydroxyl groups is 1. The van der Waals surface area contributed by atoms with Crippen molar-refractivity contribution >= 4 is 22.5 Å². The minimum Gasteiger partial charge on any atom is -0.494 e. The molecule has 0 saturated heterocycles. The highest BCUT2D eigenvalue weighted by Gasteiger charge is 2.17. The molecule has 29 heavy (non-hydrogen) atoms. The maximum Gasteiger partial charge on any atom is 0.256 e. The Morgan fingerprint density at radius 3 is 2.45 bits per heavy atom. The van der Waals surface area contributed by atoms with E-state index in [4.69, 9.17) is 4.74 Å². The van der Waals surface area contributed by atoms with Gasteiger partial charge in [0.05, 0.1) is 0 Å². The average Bonchev–Trinajstić information content (AvgIpc) is 3.00. The highest BCUT2D eigenvalue weighted by atomic mass is 16.5. The van der Waals surface area contributed by atoms with Crippen LogP contribution in [0.5, 0.6) is 17.4 Å². The van der Waals surface area contributed by atoms with Crippen molar-refractivity contribution in [3.63, 3.8) is 0 Å². The zero-order chi connectivity index (χ0) is 20.5. The van der Waals surface area contributed by atoms with Gasteiger partial charge in [-0.15, -0.1) is 0 Å². The minimum absolute atomic E-state index is 0.0665. The average molecular weight is 387 g/mol. The smallest absolute Gasteiger partial charge is 0.256 e. The number of fused-ring (bicyclic) bond motifs is 1. The molecular formula is C23H21N3O3. The van der Waals surface area contributed by atoms with Gasteiger partial charge in [0.2, 0.25) is 0 Å². The molecule has 2 aromatic heterocycles. The van der Waals surface area contributed by atoms with Crippen LogP contribution in [-0.2, 0) is 7.05 Å². The van der Waals surface area contributed by atoms with E-state index in [0.717, 1.165) is 16.5 Å². The van der Waals surface area contributed by atoms with Crippen molar-refractivity contribution in [2.75, 3.05) is 5.32 Å². The van der Waals surface area contributed by atoms with Crippen molar-refractivity contribution in [3.8, 4) is 17.4 Å². The summed E-state index contributed by atoms with van der Waals surface area (Å²) in [6.07, 6.45) is 3.46. The van der Waals surface area contributed by atoms with Crippen LogP contribution in [-0.4, -0.2) is 20.6 Å². The van der Waals surface area contributed by atoms with Gasteiger partial charge in [0, 0.05) is 35.8 Å². The lowest BCUT2D eigenvalue weighted by molar-refractivity contribution is 0.102. The summed E-state index contributed by atoms with van der Waals surface area (Å²) in [4.78, 5) is 17.0. The van der Waals surface area contributed by atoms with E-state index in [2.05, 4.69) is 10.3 Å². The molecule has 2 heterocycles. The molecule has 0 spiro atoms. The summed E-state index contributed by atoms with van der Waals surface area (Å²) in [6.45, 7) is 3.93. The number of rotatable bonds is 4. The number of hydrogen-bond donors (Lipinski definition) is 2. The van der Waals surface area contributed by atoms with E-state index in [1.54, 1.807) is 42.2 Å². The van der Waals surface area contributed by atoms with E-state index in [0.29, 0.717) is 28.3 Å². The Balaban J connectivity index is 1.74. The van der Waals surface area contributed by atoms with Crippen molar-refractivity contribution in [1.29, 1.82) is 0 Å². The molecule has 1 amide bonds. The van der Waals surface area contributed by atoms with Gasteiger partial charge in [0.1, 0.15) is 17.3 Å². The predicted octanol–water partition coefficient (Wildman–Crippen LogP) is 4.94. The molecule has 0 atom stereocenters. The second-order valence-electron chi connectivity index (χ2n) is 7.09. The van der Waals surface area contributed by atoms with Crippen molar-refractivity contribution in [3.05, 3.63) is 77.6 Å². The number of benzene rings is 2. The second kappa shape index (κ2) is 7.31. The number of anilines is 1. The number of aryl methyl sites for hydroxylation is 3. The Labute approximate surface area is 168 Å². The normalized spacial score (nSPS) is 10.9. The number of ether oxygens (including phenoxy) is 1. The van der Waals surface area contributed by atoms with Crippen LogP contribution in [0.15, 0.2) is 60.9 Å². The molecule has 4 aromatic rings. The number of carbonyl (C=O) groups is 1. The molecule has 0 unspecified atom stereocenters. The fourth-order valence-corrected chi connectivity index (χ4v) is 3.07. The molecule has 0 saturated carbocycles. The number of carbonyl (C=O) groups excluding carboxylic acids is 1. The number of hydrogen-bond acceptors (Lipinski definition) is 4. The summed E-state index contributed by atoms with van der Waals surface area (Å²) in [7, 11) is 1.74. The van der Waals surface area contributed by atoms with E-state index in [1.165, 1.54) is 0 Å². The second-order valence-corrected chi connectivity index (χ2v) is 7.09. The SMILES string of the molecule is Cc1ccc(Oc2cc(C(=O)Nc3ccc(C)cn3)cc3c(O)n(C)cc23)cc1. The first kappa shape index (κ1) is 18.6. The Hall–Kier alpha value is -3.80. The molecule has 0 bridgehead atoms. The molecule has 4 rings (SSSR count). The quantitative estimate of drug-likeness (QED) is 0.520. The van der Waals surface area contributed by atoms with Gasteiger partial charge in [0.15, 0.2) is 5.88 Å². The highest BCUT2D eigenvalue weighted by molar-refractivity contribution is 6.08. The maximum absolute atomic E-state index is 12.8. The van der Waals surface area contributed by atoms with Crippen molar-refractivity contribution in [1.82, 2.24) is 9.55 Å². The van der Waals surface area contributed by atoms with E-state index in [1.807, 2.05) is 44.2 Å². The molecule has 146 valence electrons.